The number of carbonyl (C=O) groups is 1. The summed E-state index contributed by atoms with van der Waals surface area (Å²) in [6, 6.07) is 17.5. The maximum Gasteiger partial charge on any atom is 0.131 e. The molecule has 0 radical (unpaired) electrons. The fourth-order valence-corrected chi connectivity index (χ4v) is 6.93. The van der Waals surface area contributed by atoms with E-state index in [1.807, 2.05) is 12.1 Å². The van der Waals surface area contributed by atoms with E-state index >= 15 is 4.39 Å². The second kappa shape index (κ2) is 9.41. The first-order valence-corrected chi connectivity index (χ1v) is 13.7. The zero-order chi connectivity index (χ0) is 26.5. The molecule has 1 spiro atoms. The molecule has 4 heteroatoms. The van der Waals surface area contributed by atoms with E-state index in [4.69, 9.17) is 9.47 Å². The average Bonchev–Trinajstić information content (AvgIpc) is 3.48. The summed E-state index contributed by atoms with van der Waals surface area (Å²) >= 11 is 0. The van der Waals surface area contributed by atoms with Crippen LogP contribution >= 0.6 is 0 Å². The minimum atomic E-state index is -0.260. The van der Waals surface area contributed by atoms with Crippen molar-refractivity contribution in [3.63, 3.8) is 0 Å². The maximum atomic E-state index is 15.1. The van der Waals surface area contributed by atoms with E-state index in [0.29, 0.717) is 17.9 Å². The lowest BCUT2D eigenvalue weighted by Crippen LogP contribution is -2.43. The van der Waals surface area contributed by atoms with Gasteiger partial charge in [-0.05, 0) is 114 Å². The zero-order valence-corrected chi connectivity index (χ0v) is 22.5. The molecule has 0 amide bonds. The summed E-state index contributed by atoms with van der Waals surface area (Å²) in [5.74, 6) is 1.35. The SMILES string of the molecule is COc1ccc(F)c(-c2ccc(COc3ccc4c(c3)[C@]3(CC4)CC[C@H]3C=O)cc2C2=CCCC2(C)C)c1. The molecule has 0 aromatic heterocycles. The van der Waals surface area contributed by atoms with Gasteiger partial charge in [0.2, 0.25) is 0 Å². The van der Waals surface area contributed by atoms with Crippen LogP contribution in [-0.2, 0) is 23.2 Å². The van der Waals surface area contributed by atoms with Crippen LogP contribution in [0, 0.1) is 17.2 Å². The molecular formula is C34H35FO3. The molecule has 6 rings (SSSR count). The van der Waals surface area contributed by atoms with E-state index < -0.39 is 0 Å². The van der Waals surface area contributed by atoms with Crippen LogP contribution in [0.5, 0.6) is 11.5 Å². The highest BCUT2D eigenvalue weighted by Gasteiger charge is 2.51. The van der Waals surface area contributed by atoms with Gasteiger partial charge in [-0.3, -0.25) is 0 Å². The van der Waals surface area contributed by atoms with E-state index in [9.17, 15) is 4.79 Å². The number of hydrogen-bond acceptors (Lipinski definition) is 3. The minimum absolute atomic E-state index is 0.00969. The molecule has 0 bridgehead atoms. The zero-order valence-electron chi connectivity index (χ0n) is 22.5. The first kappa shape index (κ1) is 24.9. The summed E-state index contributed by atoms with van der Waals surface area (Å²) in [5, 5.41) is 0. The molecule has 0 heterocycles. The van der Waals surface area contributed by atoms with E-state index in [2.05, 4.69) is 44.2 Å². The van der Waals surface area contributed by atoms with Crippen LogP contribution in [0.3, 0.4) is 0 Å². The molecular weight excluding hydrogens is 475 g/mol. The van der Waals surface area contributed by atoms with Crippen molar-refractivity contribution in [1.29, 1.82) is 0 Å². The molecule has 3 aromatic rings. The number of benzene rings is 3. The topological polar surface area (TPSA) is 35.5 Å². The Bertz CT molecular complexity index is 1440. The standard InChI is InChI=1S/C34H35FO3/c1-33(2)14-4-5-30(33)28-17-22(6-10-27(28)29-18-25(37-3)9-11-32(29)35)21-38-26-8-7-23-12-15-34(31(23)19-26)16-13-24(34)20-36/h5-11,17-20,24H,4,12-16,21H2,1-3H3/t24-,34+/m0/s1. The molecule has 3 nitrogen and oxygen atoms in total. The summed E-state index contributed by atoms with van der Waals surface area (Å²) in [4.78, 5) is 11.7. The number of fused-ring (bicyclic) bond motifs is 2. The Kier molecular flexibility index (Phi) is 6.17. The molecule has 2 atom stereocenters. The number of rotatable bonds is 7. The van der Waals surface area contributed by atoms with Gasteiger partial charge >= 0.3 is 0 Å². The summed E-state index contributed by atoms with van der Waals surface area (Å²) in [6.07, 6.45) is 9.71. The lowest BCUT2D eigenvalue weighted by atomic mass is 9.58. The molecule has 3 aliphatic carbocycles. The van der Waals surface area contributed by atoms with E-state index in [-0.39, 0.29) is 22.6 Å². The summed E-state index contributed by atoms with van der Waals surface area (Å²) in [6.45, 7) is 4.94. The number of hydrogen-bond donors (Lipinski definition) is 0. The van der Waals surface area contributed by atoms with Crippen molar-refractivity contribution < 1.29 is 18.7 Å². The molecule has 0 saturated heterocycles. The normalized spacial score (nSPS) is 23.1. The minimum Gasteiger partial charge on any atom is -0.497 e. The van der Waals surface area contributed by atoms with Crippen molar-refractivity contribution >= 4 is 11.9 Å². The predicted octanol–water partition coefficient (Wildman–Crippen LogP) is 8.08. The third-order valence-corrected chi connectivity index (χ3v) is 9.32. The Labute approximate surface area is 224 Å². The Morgan fingerprint density at radius 3 is 2.50 bits per heavy atom. The van der Waals surface area contributed by atoms with E-state index in [0.717, 1.165) is 67.3 Å². The second-order valence-electron chi connectivity index (χ2n) is 11.8. The maximum absolute atomic E-state index is 15.1. The number of ether oxygens (including phenoxy) is 2. The van der Waals surface area contributed by atoms with Crippen LogP contribution in [0.15, 0.2) is 60.7 Å². The van der Waals surface area contributed by atoms with Crippen molar-refractivity contribution in [2.45, 2.75) is 64.4 Å². The first-order chi connectivity index (χ1) is 18.3. The van der Waals surface area contributed by atoms with Crippen molar-refractivity contribution in [2.24, 2.45) is 11.3 Å². The predicted molar refractivity (Wildman–Crippen MR) is 149 cm³/mol. The monoisotopic (exact) mass is 510 g/mol. The number of halogens is 1. The lowest BCUT2D eigenvalue weighted by molar-refractivity contribution is -0.116. The lowest BCUT2D eigenvalue weighted by Gasteiger charge is -2.45. The van der Waals surface area contributed by atoms with Gasteiger partial charge in [0.05, 0.1) is 7.11 Å². The van der Waals surface area contributed by atoms with Crippen LogP contribution in [-0.4, -0.2) is 13.4 Å². The van der Waals surface area contributed by atoms with Gasteiger partial charge in [0.25, 0.3) is 0 Å². The van der Waals surface area contributed by atoms with Gasteiger partial charge in [0.15, 0.2) is 0 Å². The Morgan fingerprint density at radius 2 is 1.79 bits per heavy atom. The molecule has 3 aromatic carbocycles. The van der Waals surface area contributed by atoms with E-state index in [1.54, 1.807) is 19.2 Å². The van der Waals surface area contributed by atoms with Crippen molar-refractivity contribution in [3.8, 4) is 22.6 Å². The highest BCUT2D eigenvalue weighted by atomic mass is 19.1. The van der Waals surface area contributed by atoms with Crippen LogP contribution in [0.2, 0.25) is 0 Å². The molecule has 0 unspecified atom stereocenters. The molecule has 1 fully saturated rings. The smallest absolute Gasteiger partial charge is 0.131 e. The highest BCUT2D eigenvalue weighted by Crippen LogP contribution is 2.56. The quantitative estimate of drug-likeness (QED) is 0.302. The third-order valence-electron chi connectivity index (χ3n) is 9.32. The van der Waals surface area contributed by atoms with Gasteiger partial charge in [-0.1, -0.05) is 38.1 Å². The largest absolute Gasteiger partial charge is 0.497 e. The molecule has 1 saturated carbocycles. The van der Waals surface area contributed by atoms with Crippen molar-refractivity contribution in [1.82, 2.24) is 0 Å². The van der Waals surface area contributed by atoms with Gasteiger partial charge < -0.3 is 14.3 Å². The Balaban J connectivity index is 1.32. The molecule has 196 valence electrons. The van der Waals surface area contributed by atoms with Gasteiger partial charge in [-0.2, -0.15) is 0 Å². The number of carbonyl (C=O) groups excluding carboxylic acids is 1. The fourth-order valence-electron chi connectivity index (χ4n) is 6.93. The van der Waals surface area contributed by atoms with Gasteiger partial charge in [-0.15, -0.1) is 0 Å². The average molecular weight is 511 g/mol. The van der Waals surface area contributed by atoms with Gasteiger partial charge in [0.1, 0.15) is 30.2 Å². The Morgan fingerprint density at radius 1 is 0.947 bits per heavy atom. The van der Waals surface area contributed by atoms with Crippen LogP contribution < -0.4 is 9.47 Å². The molecule has 0 aliphatic heterocycles. The molecule has 0 N–H and O–H groups in total. The van der Waals surface area contributed by atoms with Gasteiger partial charge in [0, 0.05) is 16.9 Å². The number of aryl methyl sites for hydroxylation is 1. The number of aldehydes is 1. The second-order valence-corrected chi connectivity index (χ2v) is 11.8. The van der Waals surface area contributed by atoms with Crippen molar-refractivity contribution in [2.75, 3.05) is 7.11 Å². The summed E-state index contributed by atoms with van der Waals surface area (Å²) < 4.78 is 26.8. The van der Waals surface area contributed by atoms with Crippen LogP contribution in [0.4, 0.5) is 4.39 Å². The Hall–Kier alpha value is -3.40. The molecule has 3 aliphatic rings. The van der Waals surface area contributed by atoms with E-state index in [1.165, 1.54) is 22.8 Å². The summed E-state index contributed by atoms with van der Waals surface area (Å²) in [5.41, 5.74) is 7.45. The molecule has 38 heavy (non-hydrogen) atoms. The third kappa shape index (κ3) is 4.05. The summed E-state index contributed by atoms with van der Waals surface area (Å²) in [7, 11) is 1.60. The first-order valence-electron chi connectivity index (χ1n) is 13.7. The number of methoxy groups -OCH3 is 1. The van der Waals surface area contributed by atoms with Crippen LogP contribution in [0.25, 0.3) is 16.7 Å². The highest BCUT2D eigenvalue weighted by molar-refractivity contribution is 5.85. The van der Waals surface area contributed by atoms with Crippen molar-refractivity contribution in [3.05, 3.63) is 88.7 Å². The van der Waals surface area contributed by atoms with Gasteiger partial charge in [-0.25, -0.2) is 4.39 Å². The number of allylic oxidation sites excluding steroid dienone is 2. The fraction of sp³-hybridized carbons (Fsp3) is 0.382. The van der Waals surface area contributed by atoms with Crippen LogP contribution in [0.1, 0.15) is 68.2 Å².